The normalized spacial score (nSPS) is 14.1. The summed E-state index contributed by atoms with van der Waals surface area (Å²) >= 11 is 0. The topological polar surface area (TPSA) is 74.6 Å². The largest absolute Gasteiger partial charge is 0.396 e. The fourth-order valence-corrected chi connectivity index (χ4v) is 2.43. The summed E-state index contributed by atoms with van der Waals surface area (Å²) in [6, 6.07) is 0. The molecule has 0 bridgehead atoms. The molecular formula is C10H22O4S. The van der Waals surface area contributed by atoms with Crippen LogP contribution in [0.4, 0.5) is 0 Å². The minimum atomic E-state index is -3.98. The average molecular weight is 238 g/mol. The van der Waals surface area contributed by atoms with Crippen LogP contribution in [0, 0.1) is 0 Å². The van der Waals surface area contributed by atoms with Gasteiger partial charge in [0.1, 0.15) is 0 Å². The van der Waals surface area contributed by atoms with Crippen molar-refractivity contribution in [2.75, 3.05) is 6.61 Å². The first-order valence-corrected chi connectivity index (χ1v) is 7.09. The van der Waals surface area contributed by atoms with Crippen LogP contribution in [0.5, 0.6) is 0 Å². The Morgan fingerprint density at radius 2 is 1.67 bits per heavy atom. The third-order valence-corrected chi connectivity index (χ3v) is 3.82. The molecule has 4 nitrogen and oxygen atoms in total. The van der Waals surface area contributed by atoms with Crippen molar-refractivity contribution in [2.45, 2.75) is 57.1 Å². The van der Waals surface area contributed by atoms with E-state index < -0.39 is 15.4 Å². The predicted molar refractivity (Wildman–Crippen MR) is 60.4 cm³/mol. The van der Waals surface area contributed by atoms with Crippen molar-refractivity contribution in [1.82, 2.24) is 0 Å². The van der Waals surface area contributed by atoms with Crippen LogP contribution in [0.15, 0.2) is 0 Å². The maximum atomic E-state index is 10.9. The molecule has 0 aliphatic carbocycles. The molecule has 0 amide bonds. The van der Waals surface area contributed by atoms with Gasteiger partial charge in [0.15, 0.2) is 0 Å². The summed E-state index contributed by atoms with van der Waals surface area (Å²) in [4.78, 5) is 0. The van der Waals surface area contributed by atoms with E-state index >= 15 is 0 Å². The Hall–Kier alpha value is -0.130. The van der Waals surface area contributed by atoms with Gasteiger partial charge in [0.25, 0.3) is 10.1 Å². The lowest BCUT2D eigenvalue weighted by molar-refractivity contribution is 0.279. The molecule has 0 spiro atoms. The third-order valence-electron chi connectivity index (χ3n) is 2.50. The van der Waals surface area contributed by atoms with E-state index in [1.165, 1.54) is 0 Å². The zero-order valence-corrected chi connectivity index (χ0v) is 10.2. The molecule has 0 heterocycles. The lowest BCUT2D eigenvalue weighted by atomic mass is 10.1. The highest BCUT2D eigenvalue weighted by atomic mass is 32.2. The van der Waals surface area contributed by atoms with E-state index in [1.54, 1.807) is 0 Å². The van der Waals surface area contributed by atoms with E-state index in [-0.39, 0.29) is 13.0 Å². The van der Waals surface area contributed by atoms with Crippen molar-refractivity contribution in [3.8, 4) is 0 Å². The summed E-state index contributed by atoms with van der Waals surface area (Å²) in [6.07, 6.45) is 5.79. The summed E-state index contributed by atoms with van der Waals surface area (Å²) in [7, 11) is -3.98. The van der Waals surface area contributed by atoms with Gasteiger partial charge in [-0.1, -0.05) is 39.0 Å². The molecule has 0 radical (unpaired) electrons. The lowest BCUT2D eigenvalue weighted by Gasteiger charge is -2.11. The summed E-state index contributed by atoms with van der Waals surface area (Å²) in [5.74, 6) is 0. The Balaban J connectivity index is 3.78. The summed E-state index contributed by atoms with van der Waals surface area (Å²) in [5, 5.41) is 7.88. The maximum Gasteiger partial charge on any atom is 0.267 e. The number of unbranched alkanes of at least 4 members (excludes halogenated alkanes) is 4. The molecule has 0 saturated heterocycles. The van der Waals surface area contributed by atoms with Gasteiger partial charge in [-0.05, 0) is 12.8 Å². The van der Waals surface area contributed by atoms with Crippen molar-refractivity contribution >= 4 is 10.1 Å². The zero-order valence-electron chi connectivity index (χ0n) is 9.35. The minimum Gasteiger partial charge on any atom is -0.396 e. The molecule has 0 aromatic carbocycles. The highest BCUT2D eigenvalue weighted by Gasteiger charge is 2.21. The summed E-state index contributed by atoms with van der Waals surface area (Å²) in [5.41, 5.74) is 0. The van der Waals surface area contributed by atoms with Gasteiger partial charge in [0, 0.05) is 6.61 Å². The Bertz CT molecular complexity index is 236. The van der Waals surface area contributed by atoms with Gasteiger partial charge in [0.05, 0.1) is 5.25 Å². The fourth-order valence-electron chi connectivity index (χ4n) is 1.56. The summed E-state index contributed by atoms with van der Waals surface area (Å²) < 4.78 is 30.6. The number of aliphatic hydroxyl groups is 1. The quantitative estimate of drug-likeness (QED) is 0.476. The molecule has 15 heavy (non-hydrogen) atoms. The predicted octanol–water partition coefficient (Wildman–Crippen LogP) is 1.99. The first-order chi connectivity index (χ1) is 7.02. The van der Waals surface area contributed by atoms with Gasteiger partial charge in [-0.25, -0.2) is 0 Å². The Morgan fingerprint density at radius 3 is 2.13 bits per heavy atom. The van der Waals surface area contributed by atoms with Crippen LogP contribution in [-0.4, -0.2) is 29.9 Å². The minimum absolute atomic E-state index is 0.132. The monoisotopic (exact) mass is 238 g/mol. The van der Waals surface area contributed by atoms with Crippen molar-refractivity contribution in [2.24, 2.45) is 0 Å². The molecule has 0 aromatic heterocycles. The van der Waals surface area contributed by atoms with Crippen molar-refractivity contribution in [1.29, 1.82) is 0 Å². The van der Waals surface area contributed by atoms with Gasteiger partial charge in [-0.2, -0.15) is 8.42 Å². The van der Waals surface area contributed by atoms with Crippen molar-refractivity contribution < 1.29 is 18.1 Å². The second-order valence-corrected chi connectivity index (χ2v) is 5.55. The van der Waals surface area contributed by atoms with Gasteiger partial charge in [0.2, 0.25) is 0 Å². The highest BCUT2D eigenvalue weighted by molar-refractivity contribution is 7.86. The van der Waals surface area contributed by atoms with Gasteiger partial charge in [-0.15, -0.1) is 0 Å². The lowest BCUT2D eigenvalue weighted by Crippen LogP contribution is -2.21. The summed E-state index contributed by atoms with van der Waals surface area (Å²) in [6.45, 7) is 1.92. The molecule has 0 aliphatic rings. The second-order valence-electron chi connectivity index (χ2n) is 3.85. The van der Waals surface area contributed by atoms with Crippen molar-refractivity contribution in [3.63, 3.8) is 0 Å². The van der Waals surface area contributed by atoms with Crippen LogP contribution < -0.4 is 0 Å². The van der Waals surface area contributed by atoms with Gasteiger partial charge >= 0.3 is 0 Å². The highest BCUT2D eigenvalue weighted by Crippen LogP contribution is 2.14. The van der Waals surface area contributed by atoms with E-state index in [0.717, 1.165) is 32.1 Å². The number of hydrogen-bond donors (Lipinski definition) is 2. The molecule has 0 aliphatic heterocycles. The Kier molecular flexibility index (Phi) is 8.00. The van der Waals surface area contributed by atoms with E-state index in [1.807, 2.05) is 0 Å². The van der Waals surface area contributed by atoms with E-state index in [2.05, 4.69) is 6.92 Å². The van der Waals surface area contributed by atoms with Crippen LogP contribution in [0.2, 0.25) is 0 Å². The molecule has 5 heteroatoms. The van der Waals surface area contributed by atoms with E-state index in [9.17, 15) is 8.42 Å². The van der Waals surface area contributed by atoms with Crippen LogP contribution in [0.1, 0.15) is 51.9 Å². The third kappa shape index (κ3) is 7.76. The number of aliphatic hydroxyl groups excluding tert-OH is 1. The first-order valence-electron chi connectivity index (χ1n) is 5.59. The molecule has 1 atom stereocenters. The average Bonchev–Trinajstić information content (AvgIpc) is 2.14. The molecule has 0 fully saturated rings. The SMILES string of the molecule is CCCCCCCC(CCO)S(=O)(=O)O. The Labute approximate surface area is 92.4 Å². The number of hydrogen-bond acceptors (Lipinski definition) is 3. The zero-order chi connectivity index (χ0) is 11.7. The van der Waals surface area contributed by atoms with Crippen LogP contribution >= 0.6 is 0 Å². The molecule has 1 unspecified atom stereocenters. The van der Waals surface area contributed by atoms with Crippen LogP contribution in [-0.2, 0) is 10.1 Å². The second kappa shape index (κ2) is 8.07. The molecule has 2 N–H and O–H groups in total. The molecular weight excluding hydrogens is 216 g/mol. The van der Waals surface area contributed by atoms with Crippen molar-refractivity contribution in [3.05, 3.63) is 0 Å². The van der Waals surface area contributed by atoms with Gasteiger partial charge < -0.3 is 5.11 Å². The fraction of sp³-hybridized carbons (Fsp3) is 1.00. The molecule has 0 rings (SSSR count). The molecule has 0 aromatic rings. The van der Waals surface area contributed by atoms with E-state index in [4.69, 9.17) is 9.66 Å². The van der Waals surface area contributed by atoms with Crippen LogP contribution in [0.3, 0.4) is 0 Å². The van der Waals surface area contributed by atoms with Crippen LogP contribution in [0.25, 0.3) is 0 Å². The first kappa shape index (κ1) is 14.9. The number of rotatable bonds is 9. The smallest absolute Gasteiger partial charge is 0.267 e. The Morgan fingerprint density at radius 1 is 1.07 bits per heavy atom. The standard InChI is InChI=1S/C10H22O4S/c1-2-3-4-5-6-7-10(8-9-11)15(12,13)14/h10-11H,2-9H2,1H3,(H,12,13,14). The maximum absolute atomic E-state index is 10.9. The van der Waals surface area contributed by atoms with Gasteiger partial charge in [-0.3, -0.25) is 4.55 Å². The molecule has 0 saturated carbocycles. The van der Waals surface area contributed by atoms with E-state index in [0.29, 0.717) is 6.42 Å². The molecule has 92 valence electrons.